The van der Waals surface area contributed by atoms with Crippen LogP contribution in [0.15, 0.2) is 77.4 Å². The Kier molecular flexibility index (Phi) is 3.99. The van der Waals surface area contributed by atoms with Gasteiger partial charge < -0.3 is 14.3 Å². The minimum Gasteiger partial charge on any atom is -0.329 e. The molecule has 0 radical (unpaired) electrons. The Hall–Kier alpha value is -3.06. The summed E-state index contributed by atoms with van der Waals surface area (Å²) in [6, 6.07) is 11.3. The van der Waals surface area contributed by atoms with E-state index in [1.807, 2.05) is 58.7 Å². The van der Waals surface area contributed by atoms with Crippen molar-refractivity contribution in [3.8, 4) is 0 Å². The van der Waals surface area contributed by atoms with Crippen LogP contribution in [0.1, 0.15) is 10.4 Å². The monoisotopic (exact) mass is 349 g/mol. The molecule has 124 valence electrons. The van der Waals surface area contributed by atoms with Crippen LogP contribution >= 0.6 is 11.8 Å². The molecule has 0 aliphatic carbocycles. The van der Waals surface area contributed by atoms with E-state index in [0.717, 1.165) is 21.4 Å². The van der Waals surface area contributed by atoms with Gasteiger partial charge in [-0.3, -0.25) is 4.79 Å². The van der Waals surface area contributed by atoms with E-state index in [1.165, 1.54) is 11.8 Å². The number of nitrogens with zero attached hydrogens (tertiary/aromatic N) is 4. The number of nitrogens with one attached hydrogen (secondary N) is 1. The van der Waals surface area contributed by atoms with Crippen molar-refractivity contribution in [1.29, 1.82) is 0 Å². The fraction of sp³-hybridized carbons (Fsp3) is 0.0556. The van der Waals surface area contributed by atoms with Crippen LogP contribution in [0.5, 0.6) is 0 Å². The van der Waals surface area contributed by atoms with Crippen LogP contribution in [0.2, 0.25) is 0 Å². The maximum Gasteiger partial charge on any atom is 0.257 e. The number of carbonyl (C=O) groups excluding carboxylic acids is 1. The van der Waals surface area contributed by atoms with Gasteiger partial charge in [0, 0.05) is 42.9 Å². The van der Waals surface area contributed by atoms with Gasteiger partial charge in [0.05, 0.1) is 11.3 Å². The van der Waals surface area contributed by atoms with Crippen LogP contribution in [0, 0.1) is 0 Å². The Labute approximate surface area is 148 Å². The fourth-order valence-electron chi connectivity index (χ4n) is 2.46. The van der Waals surface area contributed by atoms with Gasteiger partial charge in [0.15, 0.2) is 5.16 Å². The molecule has 3 aromatic heterocycles. The number of amides is 1. The van der Waals surface area contributed by atoms with E-state index in [2.05, 4.69) is 15.3 Å². The van der Waals surface area contributed by atoms with Crippen molar-refractivity contribution in [1.82, 2.24) is 18.9 Å². The van der Waals surface area contributed by atoms with Gasteiger partial charge in [0.1, 0.15) is 5.65 Å². The van der Waals surface area contributed by atoms with Crippen molar-refractivity contribution in [3.63, 3.8) is 0 Å². The van der Waals surface area contributed by atoms with Gasteiger partial charge in [-0.05, 0) is 36.0 Å². The first-order valence-electron chi connectivity index (χ1n) is 7.69. The third-order valence-corrected chi connectivity index (χ3v) is 4.92. The molecule has 0 bridgehead atoms. The molecular formula is C18H15N5OS. The fourth-order valence-corrected chi connectivity index (χ4v) is 3.35. The van der Waals surface area contributed by atoms with Crippen LogP contribution in [0.4, 0.5) is 5.69 Å². The highest BCUT2D eigenvalue weighted by Crippen LogP contribution is 2.32. The average molecular weight is 349 g/mol. The van der Waals surface area contributed by atoms with E-state index in [4.69, 9.17) is 0 Å². The zero-order chi connectivity index (χ0) is 17.2. The molecule has 1 aromatic carbocycles. The summed E-state index contributed by atoms with van der Waals surface area (Å²) in [6.45, 7) is 0. The summed E-state index contributed by atoms with van der Waals surface area (Å²) < 4.78 is 3.76. The number of pyridine rings is 1. The largest absolute Gasteiger partial charge is 0.329 e. The number of anilines is 1. The lowest BCUT2D eigenvalue weighted by Crippen LogP contribution is -2.13. The molecule has 0 spiro atoms. The molecule has 1 N–H and O–H groups in total. The molecule has 1 amide bonds. The third-order valence-electron chi connectivity index (χ3n) is 3.76. The van der Waals surface area contributed by atoms with E-state index in [1.54, 1.807) is 24.7 Å². The first kappa shape index (κ1) is 15.5. The van der Waals surface area contributed by atoms with Crippen molar-refractivity contribution in [2.45, 2.75) is 10.1 Å². The SMILES string of the molecule is Cn1ccnc1Sc1ccccc1NC(=O)c1ccc2nccn2c1. The predicted octanol–water partition coefficient (Wildman–Crippen LogP) is 3.47. The average Bonchev–Trinajstić information content (AvgIpc) is 3.25. The molecule has 4 aromatic rings. The molecule has 0 saturated heterocycles. The van der Waals surface area contributed by atoms with Crippen molar-refractivity contribution >= 4 is 29.0 Å². The summed E-state index contributed by atoms with van der Waals surface area (Å²) in [5.41, 5.74) is 2.14. The number of carbonyl (C=O) groups is 1. The third kappa shape index (κ3) is 3.14. The minimum absolute atomic E-state index is 0.163. The van der Waals surface area contributed by atoms with Gasteiger partial charge in [0.2, 0.25) is 0 Å². The lowest BCUT2D eigenvalue weighted by Gasteiger charge is -2.11. The van der Waals surface area contributed by atoms with Crippen LogP contribution in [-0.4, -0.2) is 24.8 Å². The smallest absolute Gasteiger partial charge is 0.257 e. The number of rotatable bonds is 4. The van der Waals surface area contributed by atoms with Gasteiger partial charge in [-0.25, -0.2) is 9.97 Å². The molecule has 0 aliphatic rings. The van der Waals surface area contributed by atoms with Crippen molar-refractivity contribution in [2.24, 2.45) is 7.05 Å². The van der Waals surface area contributed by atoms with Crippen LogP contribution in [-0.2, 0) is 7.05 Å². The Bertz CT molecular complexity index is 1050. The molecule has 6 nitrogen and oxygen atoms in total. The quantitative estimate of drug-likeness (QED) is 0.613. The van der Waals surface area contributed by atoms with Crippen LogP contribution < -0.4 is 5.32 Å². The molecule has 0 aliphatic heterocycles. The molecule has 0 unspecified atom stereocenters. The highest BCUT2D eigenvalue weighted by Gasteiger charge is 2.12. The summed E-state index contributed by atoms with van der Waals surface area (Å²) in [5, 5.41) is 3.85. The summed E-state index contributed by atoms with van der Waals surface area (Å²) in [5.74, 6) is -0.163. The summed E-state index contributed by atoms with van der Waals surface area (Å²) in [6.07, 6.45) is 8.94. The van der Waals surface area contributed by atoms with Gasteiger partial charge in [0.25, 0.3) is 5.91 Å². The molecule has 7 heteroatoms. The summed E-state index contributed by atoms with van der Waals surface area (Å²) in [4.78, 5) is 22.1. The lowest BCUT2D eigenvalue weighted by atomic mass is 10.2. The zero-order valence-electron chi connectivity index (χ0n) is 13.5. The standard InChI is InChI=1S/C18H15N5OS/c1-22-10-8-20-18(22)25-15-5-3-2-4-14(15)21-17(24)13-6-7-16-19-9-11-23(16)12-13/h2-12H,1H3,(H,21,24). The van der Waals surface area contributed by atoms with E-state index in [9.17, 15) is 4.79 Å². The second-order valence-electron chi connectivity index (χ2n) is 5.48. The number of imidazole rings is 2. The Balaban J connectivity index is 1.59. The van der Waals surface area contributed by atoms with Crippen molar-refractivity contribution in [2.75, 3.05) is 5.32 Å². The number of fused-ring (bicyclic) bond motifs is 1. The van der Waals surface area contributed by atoms with Crippen molar-refractivity contribution in [3.05, 3.63) is 72.9 Å². The van der Waals surface area contributed by atoms with Gasteiger partial charge in [-0.15, -0.1) is 0 Å². The molecule has 25 heavy (non-hydrogen) atoms. The summed E-state index contributed by atoms with van der Waals surface area (Å²) >= 11 is 1.51. The molecule has 0 fully saturated rings. The second-order valence-corrected chi connectivity index (χ2v) is 6.49. The lowest BCUT2D eigenvalue weighted by molar-refractivity contribution is 0.102. The van der Waals surface area contributed by atoms with Crippen LogP contribution in [0.25, 0.3) is 5.65 Å². The Morgan fingerprint density at radius 1 is 1.08 bits per heavy atom. The molecule has 3 heterocycles. The van der Waals surface area contributed by atoms with E-state index >= 15 is 0 Å². The van der Waals surface area contributed by atoms with Gasteiger partial charge in [-0.1, -0.05) is 12.1 Å². The van der Waals surface area contributed by atoms with E-state index < -0.39 is 0 Å². The second kappa shape index (κ2) is 6.45. The number of benzene rings is 1. The van der Waals surface area contributed by atoms with E-state index in [0.29, 0.717) is 5.56 Å². The molecular weight excluding hydrogens is 334 g/mol. The number of para-hydroxylation sites is 1. The van der Waals surface area contributed by atoms with Crippen LogP contribution in [0.3, 0.4) is 0 Å². The predicted molar refractivity (Wildman–Crippen MR) is 96.9 cm³/mol. The van der Waals surface area contributed by atoms with Gasteiger partial charge in [-0.2, -0.15) is 0 Å². The number of hydrogen-bond donors (Lipinski definition) is 1. The van der Waals surface area contributed by atoms with Crippen molar-refractivity contribution < 1.29 is 4.79 Å². The normalized spacial score (nSPS) is 10.9. The zero-order valence-corrected chi connectivity index (χ0v) is 14.3. The molecule has 4 rings (SSSR count). The summed E-state index contributed by atoms with van der Waals surface area (Å²) in [7, 11) is 1.94. The maximum absolute atomic E-state index is 12.6. The highest BCUT2D eigenvalue weighted by atomic mass is 32.2. The maximum atomic E-state index is 12.6. The minimum atomic E-state index is -0.163. The molecule has 0 atom stereocenters. The Morgan fingerprint density at radius 3 is 2.76 bits per heavy atom. The number of aryl methyl sites for hydroxylation is 1. The highest BCUT2D eigenvalue weighted by molar-refractivity contribution is 7.99. The number of hydrogen-bond acceptors (Lipinski definition) is 4. The first-order chi connectivity index (χ1) is 12.2. The van der Waals surface area contributed by atoms with Gasteiger partial charge >= 0.3 is 0 Å². The van der Waals surface area contributed by atoms with E-state index in [-0.39, 0.29) is 5.91 Å². The molecule has 0 saturated carbocycles. The first-order valence-corrected chi connectivity index (χ1v) is 8.50. The topological polar surface area (TPSA) is 64.2 Å². The number of aromatic nitrogens is 4. The Morgan fingerprint density at radius 2 is 1.92 bits per heavy atom.